The monoisotopic (exact) mass is 399 g/mol. The SMILES string of the molecule is Cn1c(=O)n(C)c2cc([C@H](O)COc3ccc(CNCCCCO)cc3)ccc21. The maximum absolute atomic E-state index is 12.0. The molecule has 7 heteroatoms. The number of ether oxygens (including phenoxy) is 1. The van der Waals surface area contributed by atoms with Crippen molar-refractivity contribution >= 4 is 11.0 Å². The Morgan fingerprint density at radius 3 is 2.48 bits per heavy atom. The van der Waals surface area contributed by atoms with Crippen LogP contribution in [0.25, 0.3) is 11.0 Å². The second-order valence-corrected chi connectivity index (χ2v) is 7.23. The Balaban J connectivity index is 1.55. The topological polar surface area (TPSA) is 88.7 Å². The van der Waals surface area contributed by atoms with Gasteiger partial charge in [0.15, 0.2) is 0 Å². The van der Waals surface area contributed by atoms with Crippen LogP contribution in [-0.4, -0.2) is 39.1 Å². The van der Waals surface area contributed by atoms with Gasteiger partial charge in [0.25, 0.3) is 0 Å². The van der Waals surface area contributed by atoms with E-state index in [1.165, 1.54) is 0 Å². The number of hydrogen-bond donors (Lipinski definition) is 3. The fourth-order valence-corrected chi connectivity index (χ4v) is 3.30. The first kappa shape index (κ1) is 21.1. The highest BCUT2D eigenvalue weighted by molar-refractivity contribution is 5.76. The van der Waals surface area contributed by atoms with Crippen LogP contribution in [0.2, 0.25) is 0 Å². The molecule has 0 saturated heterocycles. The number of aliphatic hydroxyl groups excluding tert-OH is 2. The molecule has 0 unspecified atom stereocenters. The maximum Gasteiger partial charge on any atom is 0.328 e. The Morgan fingerprint density at radius 2 is 1.76 bits per heavy atom. The van der Waals surface area contributed by atoms with Gasteiger partial charge in [-0.3, -0.25) is 9.13 Å². The number of aliphatic hydroxyl groups is 2. The van der Waals surface area contributed by atoms with E-state index in [0.29, 0.717) is 11.3 Å². The first-order valence-electron chi connectivity index (χ1n) is 9.88. The van der Waals surface area contributed by atoms with Gasteiger partial charge in [-0.05, 0) is 54.8 Å². The van der Waals surface area contributed by atoms with Crippen molar-refractivity contribution in [2.24, 2.45) is 14.1 Å². The van der Waals surface area contributed by atoms with Crippen LogP contribution in [-0.2, 0) is 20.6 Å². The Morgan fingerprint density at radius 1 is 1.03 bits per heavy atom. The lowest BCUT2D eigenvalue weighted by Gasteiger charge is -2.13. The molecule has 0 saturated carbocycles. The molecule has 3 N–H and O–H groups in total. The summed E-state index contributed by atoms with van der Waals surface area (Å²) in [6.45, 7) is 2.01. The van der Waals surface area contributed by atoms with E-state index in [-0.39, 0.29) is 18.9 Å². The smallest absolute Gasteiger partial charge is 0.328 e. The normalized spacial score (nSPS) is 12.4. The molecular formula is C22H29N3O4. The van der Waals surface area contributed by atoms with Crippen molar-refractivity contribution in [3.05, 3.63) is 64.1 Å². The van der Waals surface area contributed by atoms with Crippen molar-refractivity contribution in [2.45, 2.75) is 25.5 Å². The molecule has 1 heterocycles. The van der Waals surface area contributed by atoms with Crippen molar-refractivity contribution < 1.29 is 14.9 Å². The summed E-state index contributed by atoms with van der Waals surface area (Å²) in [5.74, 6) is 0.696. The van der Waals surface area contributed by atoms with Crippen LogP contribution in [0.4, 0.5) is 0 Å². The molecule has 7 nitrogen and oxygen atoms in total. The van der Waals surface area contributed by atoms with Crippen LogP contribution in [0, 0.1) is 0 Å². The number of rotatable bonds is 10. The van der Waals surface area contributed by atoms with Gasteiger partial charge < -0.3 is 20.3 Å². The van der Waals surface area contributed by atoms with Crippen LogP contribution >= 0.6 is 0 Å². The fourth-order valence-electron chi connectivity index (χ4n) is 3.30. The number of nitrogens with zero attached hydrogens (tertiary/aromatic N) is 2. The Labute approximate surface area is 170 Å². The average Bonchev–Trinajstić information content (AvgIpc) is 2.96. The minimum atomic E-state index is -0.789. The van der Waals surface area contributed by atoms with Crippen molar-refractivity contribution in [2.75, 3.05) is 19.8 Å². The van der Waals surface area contributed by atoms with Gasteiger partial charge in [-0.2, -0.15) is 0 Å². The van der Waals surface area contributed by atoms with Gasteiger partial charge in [0.2, 0.25) is 0 Å². The molecule has 0 spiro atoms. The van der Waals surface area contributed by atoms with E-state index in [4.69, 9.17) is 9.84 Å². The number of hydrogen-bond acceptors (Lipinski definition) is 5. The molecule has 2 aromatic carbocycles. The van der Waals surface area contributed by atoms with Gasteiger partial charge >= 0.3 is 5.69 Å². The first-order valence-corrected chi connectivity index (χ1v) is 9.88. The zero-order valence-electron chi connectivity index (χ0n) is 17.0. The van der Waals surface area contributed by atoms with Crippen LogP contribution in [0.15, 0.2) is 47.3 Å². The number of benzene rings is 2. The number of nitrogens with one attached hydrogen (secondary N) is 1. The molecule has 0 aliphatic rings. The summed E-state index contributed by atoms with van der Waals surface area (Å²) in [6.07, 6.45) is 0.983. The average molecular weight is 399 g/mol. The third-order valence-electron chi connectivity index (χ3n) is 5.10. The Hall–Kier alpha value is -2.61. The zero-order chi connectivity index (χ0) is 20.8. The largest absolute Gasteiger partial charge is 0.491 e. The van der Waals surface area contributed by atoms with E-state index in [1.54, 1.807) is 23.2 Å². The zero-order valence-corrected chi connectivity index (χ0v) is 17.0. The molecule has 3 aromatic rings. The quantitative estimate of drug-likeness (QED) is 0.453. The van der Waals surface area contributed by atoms with Crippen LogP contribution in [0.5, 0.6) is 5.75 Å². The predicted octanol–water partition coefficient (Wildman–Crippen LogP) is 1.85. The second-order valence-electron chi connectivity index (χ2n) is 7.23. The van der Waals surface area contributed by atoms with E-state index in [9.17, 15) is 9.90 Å². The van der Waals surface area contributed by atoms with E-state index in [2.05, 4.69) is 5.32 Å². The number of unbranched alkanes of at least 4 members (excludes halogenated alkanes) is 1. The van der Waals surface area contributed by atoms with Gasteiger partial charge in [-0.25, -0.2) is 4.79 Å². The van der Waals surface area contributed by atoms with Crippen molar-refractivity contribution in [3.8, 4) is 5.75 Å². The van der Waals surface area contributed by atoms with E-state index < -0.39 is 6.10 Å². The molecule has 0 aliphatic carbocycles. The molecule has 156 valence electrons. The highest BCUT2D eigenvalue weighted by atomic mass is 16.5. The van der Waals surface area contributed by atoms with E-state index in [1.807, 2.05) is 42.5 Å². The lowest BCUT2D eigenvalue weighted by Crippen LogP contribution is -2.19. The minimum absolute atomic E-state index is 0.0918. The standard InChI is InChI=1S/C22H29N3O4/c1-24-19-10-7-17(13-20(19)25(2)22(24)28)21(27)15-29-18-8-5-16(6-9-18)14-23-11-3-4-12-26/h5-10,13,21,23,26-27H,3-4,11-12,14-15H2,1-2H3/t21-/m1/s1. The first-order chi connectivity index (χ1) is 14.0. The molecule has 0 radical (unpaired) electrons. The molecule has 1 atom stereocenters. The lowest BCUT2D eigenvalue weighted by atomic mass is 10.1. The molecule has 29 heavy (non-hydrogen) atoms. The third-order valence-corrected chi connectivity index (χ3v) is 5.10. The molecule has 0 fully saturated rings. The summed E-state index contributed by atoms with van der Waals surface area (Å²) in [4.78, 5) is 12.0. The fraction of sp³-hybridized carbons (Fsp3) is 0.409. The summed E-state index contributed by atoms with van der Waals surface area (Å²) in [5.41, 5.74) is 3.38. The summed E-state index contributed by atoms with van der Waals surface area (Å²) in [6, 6.07) is 13.3. The van der Waals surface area contributed by atoms with Gasteiger partial charge in [0, 0.05) is 27.2 Å². The number of aromatic nitrogens is 2. The predicted molar refractivity (Wildman–Crippen MR) is 113 cm³/mol. The summed E-state index contributed by atoms with van der Waals surface area (Å²) >= 11 is 0. The lowest BCUT2D eigenvalue weighted by molar-refractivity contribution is 0.108. The molecule has 0 aliphatic heterocycles. The van der Waals surface area contributed by atoms with Gasteiger partial charge in [-0.1, -0.05) is 18.2 Å². The molecule has 1 aromatic heterocycles. The highest BCUT2D eigenvalue weighted by Crippen LogP contribution is 2.21. The molecule has 0 amide bonds. The molecule has 0 bridgehead atoms. The van der Waals surface area contributed by atoms with Gasteiger partial charge in [0.1, 0.15) is 18.5 Å². The van der Waals surface area contributed by atoms with E-state index >= 15 is 0 Å². The number of aryl methyl sites for hydroxylation is 2. The van der Waals surface area contributed by atoms with Gasteiger partial charge in [-0.15, -0.1) is 0 Å². The number of imidazole rings is 1. The summed E-state index contributed by atoms with van der Waals surface area (Å²) in [7, 11) is 3.46. The van der Waals surface area contributed by atoms with E-state index in [0.717, 1.165) is 42.5 Å². The van der Waals surface area contributed by atoms with Crippen molar-refractivity contribution in [3.63, 3.8) is 0 Å². The molecule has 3 rings (SSSR count). The Kier molecular flexibility index (Phi) is 7.09. The maximum atomic E-state index is 12.0. The van der Waals surface area contributed by atoms with Gasteiger partial charge in [0.05, 0.1) is 11.0 Å². The van der Waals surface area contributed by atoms with Crippen LogP contribution in [0.1, 0.15) is 30.1 Å². The summed E-state index contributed by atoms with van der Waals surface area (Å²) < 4.78 is 8.89. The van der Waals surface area contributed by atoms with Crippen molar-refractivity contribution in [1.29, 1.82) is 0 Å². The highest BCUT2D eigenvalue weighted by Gasteiger charge is 2.13. The minimum Gasteiger partial charge on any atom is -0.491 e. The van der Waals surface area contributed by atoms with Crippen LogP contribution in [0.3, 0.4) is 0 Å². The molecular weight excluding hydrogens is 370 g/mol. The van der Waals surface area contributed by atoms with Crippen LogP contribution < -0.4 is 15.7 Å². The van der Waals surface area contributed by atoms with Crippen molar-refractivity contribution in [1.82, 2.24) is 14.5 Å². The second kappa shape index (κ2) is 9.73. The summed E-state index contributed by atoms with van der Waals surface area (Å²) in [5, 5.41) is 22.6. The Bertz CT molecular complexity index is 992. The number of fused-ring (bicyclic) bond motifs is 1. The third kappa shape index (κ3) is 5.06.